The highest BCUT2D eigenvalue weighted by Crippen LogP contribution is 2.09. The quantitative estimate of drug-likeness (QED) is 0.839. The molecule has 0 aliphatic carbocycles. The van der Waals surface area contributed by atoms with Gasteiger partial charge in [-0.25, -0.2) is 0 Å². The summed E-state index contributed by atoms with van der Waals surface area (Å²) >= 11 is 0. The Balaban J connectivity index is 2.33. The van der Waals surface area contributed by atoms with Gasteiger partial charge in [0.2, 0.25) is 0 Å². The Hall–Kier alpha value is -2.16. The lowest BCUT2D eigenvalue weighted by Crippen LogP contribution is -2.21. The van der Waals surface area contributed by atoms with Crippen LogP contribution >= 0.6 is 0 Å². The normalized spacial score (nSPS) is 10.3. The van der Waals surface area contributed by atoms with Crippen LogP contribution in [0.3, 0.4) is 0 Å². The van der Waals surface area contributed by atoms with Gasteiger partial charge in [0.05, 0.1) is 5.56 Å². The van der Waals surface area contributed by atoms with Crippen LogP contribution in [0.15, 0.2) is 41.2 Å². The number of aromatic nitrogens is 1. The van der Waals surface area contributed by atoms with Gasteiger partial charge in [0.15, 0.2) is 5.78 Å². The Morgan fingerprint density at radius 3 is 2.44 bits per heavy atom. The Morgan fingerprint density at radius 2 is 1.83 bits per heavy atom. The molecule has 18 heavy (non-hydrogen) atoms. The van der Waals surface area contributed by atoms with Crippen molar-refractivity contribution in [2.45, 2.75) is 20.3 Å². The van der Waals surface area contributed by atoms with Gasteiger partial charge in [0.1, 0.15) is 0 Å². The molecule has 3 heteroatoms. The number of hydrogen-bond acceptors (Lipinski definition) is 2. The number of nitrogens with one attached hydrogen (secondary N) is 1. The molecule has 2 rings (SSSR count). The third-order valence-corrected chi connectivity index (χ3v) is 2.85. The van der Waals surface area contributed by atoms with Crippen LogP contribution in [0.2, 0.25) is 0 Å². The summed E-state index contributed by atoms with van der Waals surface area (Å²) in [4.78, 5) is 26.6. The maximum atomic E-state index is 12.1. The van der Waals surface area contributed by atoms with Gasteiger partial charge < -0.3 is 4.98 Å². The van der Waals surface area contributed by atoms with Gasteiger partial charge in [-0.05, 0) is 31.0 Å². The van der Waals surface area contributed by atoms with E-state index < -0.39 is 0 Å². The first kappa shape index (κ1) is 12.3. The van der Waals surface area contributed by atoms with E-state index in [-0.39, 0.29) is 23.3 Å². The van der Waals surface area contributed by atoms with Crippen LogP contribution < -0.4 is 5.56 Å². The van der Waals surface area contributed by atoms with Crippen molar-refractivity contribution in [2.24, 2.45) is 0 Å². The summed E-state index contributed by atoms with van der Waals surface area (Å²) in [7, 11) is 0. The molecule has 1 aromatic heterocycles. The Kier molecular flexibility index (Phi) is 3.42. The highest BCUT2D eigenvalue weighted by Gasteiger charge is 2.14. The predicted octanol–water partition coefficient (Wildman–Crippen LogP) is 2.42. The number of ketones is 1. The molecule has 0 radical (unpaired) electrons. The van der Waals surface area contributed by atoms with E-state index in [1.807, 2.05) is 36.4 Å². The third kappa shape index (κ3) is 2.56. The number of rotatable bonds is 3. The maximum Gasteiger partial charge on any atom is 0.259 e. The first-order valence-electron chi connectivity index (χ1n) is 5.85. The molecule has 0 fully saturated rings. The van der Waals surface area contributed by atoms with Crippen LogP contribution in [-0.2, 0) is 6.42 Å². The zero-order valence-electron chi connectivity index (χ0n) is 10.5. The number of Topliss-reactive ketones (excluding diaryl/α,β-unsaturated/α-hetero) is 1. The van der Waals surface area contributed by atoms with Crippen LogP contribution in [0, 0.1) is 13.8 Å². The second kappa shape index (κ2) is 5.00. The molecule has 1 N–H and O–H groups in total. The molecular weight excluding hydrogens is 226 g/mol. The Bertz CT molecular complexity index is 627. The smallest absolute Gasteiger partial charge is 0.259 e. The van der Waals surface area contributed by atoms with E-state index in [4.69, 9.17) is 0 Å². The van der Waals surface area contributed by atoms with Crippen molar-refractivity contribution in [1.82, 2.24) is 4.98 Å². The van der Waals surface area contributed by atoms with E-state index in [1.165, 1.54) is 0 Å². The van der Waals surface area contributed by atoms with Crippen molar-refractivity contribution in [1.29, 1.82) is 0 Å². The summed E-state index contributed by atoms with van der Waals surface area (Å²) < 4.78 is 0. The lowest BCUT2D eigenvalue weighted by molar-refractivity contribution is 0.0991. The van der Waals surface area contributed by atoms with Gasteiger partial charge in [-0.2, -0.15) is 0 Å². The molecule has 0 aliphatic heterocycles. The van der Waals surface area contributed by atoms with Crippen molar-refractivity contribution >= 4 is 5.78 Å². The number of carbonyl (C=O) groups is 1. The zero-order valence-corrected chi connectivity index (χ0v) is 10.5. The highest BCUT2D eigenvalue weighted by atomic mass is 16.1. The number of aryl methyl sites for hydroxylation is 2. The lowest BCUT2D eigenvalue weighted by atomic mass is 10.0. The molecule has 2 aromatic rings. The highest BCUT2D eigenvalue weighted by molar-refractivity contribution is 5.98. The fraction of sp³-hybridized carbons (Fsp3) is 0.200. The van der Waals surface area contributed by atoms with Gasteiger partial charge >= 0.3 is 0 Å². The van der Waals surface area contributed by atoms with Gasteiger partial charge in [0.25, 0.3) is 5.56 Å². The van der Waals surface area contributed by atoms with E-state index in [1.54, 1.807) is 13.8 Å². The van der Waals surface area contributed by atoms with E-state index in [0.717, 1.165) is 16.8 Å². The largest absolute Gasteiger partial charge is 0.326 e. The van der Waals surface area contributed by atoms with Crippen molar-refractivity contribution in [3.8, 4) is 0 Å². The molecule has 0 unspecified atom stereocenters. The zero-order chi connectivity index (χ0) is 13.1. The Labute approximate surface area is 105 Å². The summed E-state index contributed by atoms with van der Waals surface area (Å²) in [5, 5.41) is 0. The topological polar surface area (TPSA) is 49.9 Å². The van der Waals surface area contributed by atoms with E-state index in [0.29, 0.717) is 0 Å². The van der Waals surface area contributed by atoms with E-state index in [9.17, 15) is 9.59 Å². The summed E-state index contributed by atoms with van der Waals surface area (Å²) in [5.74, 6) is -0.139. The van der Waals surface area contributed by atoms with E-state index >= 15 is 0 Å². The number of hydrogen-bond donors (Lipinski definition) is 1. The molecule has 92 valence electrons. The summed E-state index contributed by atoms with van der Waals surface area (Å²) in [6.45, 7) is 3.60. The van der Waals surface area contributed by atoms with Crippen LogP contribution in [-0.4, -0.2) is 10.8 Å². The second-order valence-electron chi connectivity index (χ2n) is 4.43. The molecule has 0 amide bonds. The van der Waals surface area contributed by atoms with Crippen molar-refractivity contribution < 1.29 is 4.79 Å². The van der Waals surface area contributed by atoms with Crippen molar-refractivity contribution in [3.63, 3.8) is 0 Å². The summed E-state index contributed by atoms with van der Waals surface area (Å²) in [6, 6.07) is 11.3. The standard InChI is InChI=1S/C15H15NO2/c1-10-8-11(2)16-15(18)14(10)13(17)9-12-6-4-3-5-7-12/h3-8H,9H2,1-2H3,(H,16,18). The minimum Gasteiger partial charge on any atom is -0.326 e. The minimum absolute atomic E-state index is 0.139. The van der Waals surface area contributed by atoms with Crippen molar-refractivity contribution in [2.75, 3.05) is 0 Å². The monoisotopic (exact) mass is 241 g/mol. The molecule has 3 nitrogen and oxygen atoms in total. The predicted molar refractivity (Wildman–Crippen MR) is 71.0 cm³/mol. The minimum atomic E-state index is -0.298. The van der Waals surface area contributed by atoms with Gasteiger partial charge in [-0.1, -0.05) is 30.3 Å². The molecule has 1 heterocycles. The molecule has 0 saturated heterocycles. The number of pyridine rings is 1. The molecule has 1 aromatic carbocycles. The molecule has 0 aliphatic rings. The number of carbonyl (C=O) groups excluding carboxylic acids is 1. The van der Waals surface area contributed by atoms with Gasteiger partial charge in [0, 0.05) is 12.1 Å². The van der Waals surface area contributed by atoms with Gasteiger partial charge in [-0.3, -0.25) is 9.59 Å². The van der Waals surface area contributed by atoms with Crippen LogP contribution in [0.25, 0.3) is 0 Å². The van der Waals surface area contributed by atoms with Gasteiger partial charge in [-0.15, -0.1) is 0 Å². The molecule has 0 spiro atoms. The van der Waals surface area contributed by atoms with Crippen LogP contribution in [0.1, 0.15) is 27.2 Å². The van der Waals surface area contributed by atoms with E-state index in [2.05, 4.69) is 4.98 Å². The van der Waals surface area contributed by atoms with Crippen LogP contribution in [0.5, 0.6) is 0 Å². The SMILES string of the molecule is Cc1cc(C)c(C(=O)Cc2ccccc2)c(=O)[nH]1. The summed E-state index contributed by atoms with van der Waals surface area (Å²) in [5.41, 5.74) is 2.39. The number of aromatic amines is 1. The first-order valence-corrected chi connectivity index (χ1v) is 5.85. The number of H-pyrrole nitrogens is 1. The Morgan fingerprint density at radius 1 is 1.17 bits per heavy atom. The number of benzene rings is 1. The maximum absolute atomic E-state index is 12.1. The second-order valence-corrected chi connectivity index (χ2v) is 4.43. The van der Waals surface area contributed by atoms with Crippen molar-refractivity contribution in [3.05, 3.63) is 69.1 Å². The average molecular weight is 241 g/mol. The molecule has 0 bridgehead atoms. The average Bonchev–Trinajstić information content (AvgIpc) is 2.28. The molecule has 0 atom stereocenters. The molecular formula is C15H15NO2. The lowest BCUT2D eigenvalue weighted by Gasteiger charge is -2.05. The molecule has 0 saturated carbocycles. The fourth-order valence-corrected chi connectivity index (χ4v) is 2.07. The third-order valence-electron chi connectivity index (χ3n) is 2.85. The fourth-order valence-electron chi connectivity index (χ4n) is 2.07. The summed E-state index contributed by atoms with van der Waals surface area (Å²) in [6.07, 6.45) is 0.258. The first-order chi connectivity index (χ1) is 8.58. The van der Waals surface area contributed by atoms with Crippen LogP contribution in [0.4, 0.5) is 0 Å².